The highest BCUT2D eigenvalue weighted by Gasteiger charge is 1.75. The third-order valence-corrected chi connectivity index (χ3v) is 0.210. The van der Waals surface area contributed by atoms with Crippen molar-refractivity contribution in [1.82, 2.24) is 0 Å². The summed E-state index contributed by atoms with van der Waals surface area (Å²) in [6, 6.07) is 0. The lowest BCUT2D eigenvalue weighted by molar-refractivity contribution is -0.484. The number of hydrogen-bond donors (Lipinski definition) is 0. The molecule has 0 saturated carbocycles. The second-order valence-corrected chi connectivity index (χ2v) is 0.612. The number of nitro groups is 1. The maximum absolute atomic E-state index is 9.21. The predicted octanol–water partition coefficient (Wildman–Crippen LogP) is 0.269. The fraction of sp³-hybridized carbons (Fsp3) is 0.500. The fourth-order valence-corrected chi connectivity index (χ4v) is 0.0943. The van der Waals surface area contributed by atoms with Crippen molar-refractivity contribution in [3.8, 4) is 0 Å². The van der Waals surface area contributed by atoms with Gasteiger partial charge in [-0.2, -0.15) is 0 Å². The van der Waals surface area contributed by atoms with E-state index < -0.39 is 5.03 Å². The molecule has 34 valence electrons. The monoisotopic (exact) mass is 88.0 g/mol. The molecule has 6 heavy (non-hydrogen) atoms. The van der Waals surface area contributed by atoms with E-state index in [1.54, 1.807) is 0 Å². The van der Waals surface area contributed by atoms with Crippen LogP contribution in [0.4, 0.5) is 0 Å². The van der Waals surface area contributed by atoms with Crippen molar-refractivity contribution < 1.29 is 5.03 Å². The first-order valence-electron chi connectivity index (χ1n) is 1.40. The third-order valence-electron chi connectivity index (χ3n) is 0.210. The van der Waals surface area contributed by atoms with Crippen LogP contribution in [0.2, 0.25) is 0 Å². The minimum atomic E-state index is -0.750. The average molecular weight is 88.1 g/mol. The van der Waals surface area contributed by atoms with Gasteiger partial charge in [0.05, 0.1) is 11.3 Å². The minimum absolute atomic E-state index is 0.750. The van der Waals surface area contributed by atoms with Crippen molar-refractivity contribution in [2.45, 2.75) is 6.92 Å². The second-order valence-electron chi connectivity index (χ2n) is 0.612. The summed E-state index contributed by atoms with van der Waals surface area (Å²) >= 11 is 0. The van der Waals surface area contributed by atoms with Crippen LogP contribution in [-0.4, -0.2) is 11.2 Å². The van der Waals surface area contributed by atoms with E-state index in [1.165, 1.54) is 6.92 Å². The molecule has 0 aromatic heterocycles. The van der Waals surface area contributed by atoms with Gasteiger partial charge in [-0.25, -0.2) is 10.1 Å². The lowest BCUT2D eigenvalue weighted by Crippen LogP contribution is -1.81. The fourth-order valence-electron chi connectivity index (χ4n) is 0.0943. The molecular weight excluding hydrogens is 84.0 g/mol. The Balaban J connectivity index is 3.30. The van der Waals surface area contributed by atoms with Crippen LogP contribution in [0.3, 0.4) is 0 Å². The smallest absolute Gasteiger partial charge is 0.190 e. The number of hydrazone groups is 1. The van der Waals surface area contributed by atoms with Crippen molar-refractivity contribution >= 4 is 6.21 Å². The highest BCUT2D eigenvalue weighted by molar-refractivity contribution is 5.51. The predicted molar refractivity (Wildman–Crippen MR) is 21.2 cm³/mol. The van der Waals surface area contributed by atoms with Crippen molar-refractivity contribution in [1.29, 1.82) is 0 Å². The van der Waals surface area contributed by atoms with Crippen LogP contribution in [0.5, 0.6) is 0 Å². The summed E-state index contributed by atoms with van der Waals surface area (Å²) < 4.78 is 0. The van der Waals surface area contributed by atoms with Gasteiger partial charge >= 0.3 is 0 Å². The van der Waals surface area contributed by atoms with E-state index in [2.05, 4.69) is 5.10 Å². The molecule has 0 aliphatic rings. The highest BCUT2D eigenvalue weighted by atomic mass is 16.7. The average Bonchev–Trinajstić information content (AvgIpc) is 1.35. The van der Waals surface area contributed by atoms with Crippen LogP contribution in [0.1, 0.15) is 6.92 Å². The van der Waals surface area contributed by atoms with E-state index in [-0.39, 0.29) is 0 Å². The first kappa shape index (κ1) is 5.07. The second kappa shape index (κ2) is 2.32. The Morgan fingerprint density at radius 1 is 2.00 bits per heavy atom. The first-order chi connectivity index (χ1) is 2.77. The molecular formula is C2H4N2O2. The lowest BCUT2D eigenvalue weighted by Gasteiger charge is -1.66. The molecule has 0 aliphatic carbocycles. The third kappa shape index (κ3) is 3.07. The Bertz CT molecular complexity index is 77.6. The van der Waals surface area contributed by atoms with E-state index in [1.807, 2.05) is 0 Å². The summed E-state index contributed by atoms with van der Waals surface area (Å²) in [7, 11) is 0. The summed E-state index contributed by atoms with van der Waals surface area (Å²) in [5.74, 6) is 0. The van der Waals surface area contributed by atoms with Gasteiger partial charge in [-0.15, -0.1) is 0 Å². The number of hydrogen-bond acceptors (Lipinski definition) is 2. The summed E-state index contributed by atoms with van der Waals surface area (Å²) in [5.41, 5.74) is 0. The highest BCUT2D eigenvalue weighted by Crippen LogP contribution is 1.61. The molecule has 0 amide bonds. The molecule has 4 heteroatoms. The van der Waals surface area contributed by atoms with Crippen molar-refractivity contribution in [2.24, 2.45) is 5.10 Å². The Morgan fingerprint density at radius 2 is 2.50 bits per heavy atom. The normalized spacial score (nSPS) is 9.50. The van der Waals surface area contributed by atoms with Gasteiger partial charge in [0.1, 0.15) is 0 Å². The summed E-state index contributed by atoms with van der Waals surface area (Å²) in [6.07, 6.45) is 1.12. The quantitative estimate of drug-likeness (QED) is 0.262. The van der Waals surface area contributed by atoms with Crippen molar-refractivity contribution in [3.63, 3.8) is 0 Å². The Morgan fingerprint density at radius 3 is 2.50 bits per heavy atom. The summed E-state index contributed by atoms with van der Waals surface area (Å²) in [5, 5.41) is 11.2. The van der Waals surface area contributed by atoms with Gasteiger partial charge < -0.3 is 0 Å². The van der Waals surface area contributed by atoms with E-state index in [0.717, 1.165) is 6.21 Å². The molecule has 0 aliphatic heterocycles. The molecule has 4 nitrogen and oxygen atoms in total. The molecule has 0 saturated heterocycles. The zero-order chi connectivity index (χ0) is 4.99. The summed E-state index contributed by atoms with van der Waals surface area (Å²) in [4.78, 5) is 9.21. The Hall–Kier alpha value is -0.930. The van der Waals surface area contributed by atoms with Gasteiger partial charge in [-0.3, -0.25) is 0 Å². The van der Waals surface area contributed by atoms with E-state index in [9.17, 15) is 10.1 Å². The van der Waals surface area contributed by atoms with E-state index in [4.69, 9.17) is 0 Å². The van der Waals surface area contributed by atoms with Crippen LogP contribution in [0, 0.1) is 10.1 Å². The van der Waals surface area contributed by atoms with Gasteiger partial charge in [-0.1, -0.05) is 0 Å². The molecule has 0 fully saturated rings. The Labute approximate surface area is 34.6 Å². The molecule has 0 spiro atoms. The summed E-state index contributed by atoms with van der Waals surface area (Å²) in [6.45, 7) is 1.49. The first-order valence-corrected chi connectivity index (χ1v) is 1.40. The molecule has 0 atom stereocenters. The lowest BCUT2D eigenvalue weighted by atomic mass is 10.9. The molecule has 0 N–H and O–H groups in total. The van der Waals surface area contributed by atoms with Gasteiger partial charge in [0.15, 0.2) is 5.03 Å². The molecule has 0 radical (unpaired) electrons. The SMILES string of the molecule is CC=N[N+](=O)[O-]. The maximum atomic E-state index is 9.21. The van der Waals surface area contributed by atoms with Crippen LogP contribution >= 0.6 is 0 Å². The van der Waals surface area contributed by atoms with Crippen LogP contribution in [-0.2, 0) is 0 Å². The van der Waals surface area contributed by atoms with Crippen LogP contribution in [0.15, 0.2) is 5.10 Å². The number of rotatable bonds is 1. The molecule has 0 aromatic carbocycles. The van der Waals surface area contributed by atoms with Crippen molar-refractivity contribution in [2.75, 3.05) is 0 Å². The van der Waals surface area contributed by atoms with Crippen molar-refractivity contribution in [3.05, 3.63) is 10.1 Å². The van der Waals surface area contributed by atoms with Crippen LogP contribution in [0.25, 0.3) is 0 Å². The minimum Gasteiger partial charge on any atom is -0.233 e. The maximum Gasteiger partial charge on any atom is 0.190 e. The standard InChI is InChI=1S/C2H4N2O2/c1-2-3-4(5)6/h2H,1H3. The van der Waals surface area contributed by atoms with Gasteiger partial charge in [0, 0.05) is 0 Å². The van der Waals surface area contributed by atoms with Gasteiger partial charge in [0.2, 0.25) is 0 Å². The van der Waals surface area contributed by atoms with E-state index >= 15 is 0 Å². The molecule has 0 bridgehead atoms. The van der Waals surface area contributed by atoms with E-state index in [0.29, 0.717) is 0 Å². The van der Waals surface area contributed by atoms with Gasteiger partial charge in [0.25, 0.3) is 0 Å². The molecule has 0 heterocycles. The topological polar surface area (TPSA) is 55.5 Å². The molecule has 0 aromatic rings. The zero-order valence-electron chi connectivity index (χ0n) is 3.29. The largest absolute Gasteiger partial charge is 0.233 e. The zero-order valence-corrected chi connectivity index (χ0v) is 3.29. The Kier molecular flexibility index (Phi) is 1.96. The molecule has 0 rings (SSSR count). The number of nitrogens with zero attached hydrogens (tertiary/aromatic N) is 2. The molecule has 0 unspecified atom stereocenters. The van der Waals surface area contributed by atoms with Crippen LogP contribution < -0.4 is 0 Å². The van der Waals surface area contributed by atoms with Gasteiger partial charge in [-0.05, 0) is 6.92 Å².